The van der Waals surface area contributed by atoms with E-state index in [0.717, 1.165) is 6.07 Å². The molecule has 2 aromatic carbocycles. The average Bonchev–Trinajstić information content (AvgIpc) is 3.05. The van der Waals surface area contributed by atoms with Crippen LogP contribution in [0.25, 0.3) is 11.4 Å². The van der Waals surface area contributed by atoms with E-state index in [1.165, 1.54) is 18.2 Å². The molecule has 1 heterocycles. The molecule has 0 saturated heterocycles. The maximum atomic E-state index is 13.9. The molecular formula is C17H17FN4O2S. The van der Waals surface area contributed by atoms with Gasteiger partial charge in [0.25, 0.3) is 10.0 Å². The van der Waals surface area contributed by atoms with Gasteiger partial charge in [-0.05, 0) is 24.3 Å². The third kappa shape index (κ3) is 3.53. The topological polar surface area (TPSA) is 87.7 Å². The second-order valence-electron chi connectivity index (χ2n) is 5.78. The number of anilines is 1. The summed E-state index contributed by atoms with van der Waals surface area (Å²) in [4.78, 5) is 3.97. The quantitative estimate of drug-likeness (QED) is 0.728. The Labute approximate surface area is 145 Å². The fourth-order valence-electron chi connectivity index (χ4n) is 2.28. The van der Waals surface area contributed by atoms with Crippen molar-refractivity contribution >= 4 is 15.7 Å². The maximum absolute atomic E-state index is 13.9. The molecule has 0 unspecified atom stereocenters. The van der Waals surface area contributed by atoms with E-state index in [2.05, 4.69) is 19.9 Å². The molecular weight excluding hydrogens is 343 g/mol. The number of benzene rings is 2. The predicted octanol–water partition coefficient (Wildman–Crippen LogP) is 3.54. The van der Waals surface area contributed by atoms with Crippen LogP contribution in [0.2, 0.25) is 0 Å². The highest BCUT2D eigenvalue weighted by molar-refractivity contribution is 7.92. The van der Waals surface area contributed by atoms with Gasteiger partial charge in [-0.15, -0.1) is 0 Å². The third-order valence-electron chi connectivity index (χ3n) is 3.59. The summed E-state index contributed by atoms with van der Waals surface area (Å²) in [6, 6.07) is 11.9. The van der Waals surface area contributed by atoms with Crippen LogP contribution < -0.4 is 4.72 Å². The van der Waals surface area contributed by atoms with Crippen molar-refractivity contribution in [3.63, 3.8) is 0 Å². The summed E-state index contributed by atoms with van der Waals surface area (Å²) in [6.07, 6.45) is 0. The van der Waals surface area contributed by atoms with E-state index in [1.807, 2.05) is 13.8 Å². The molecule has 2 N–H and O–H groups in total. The molecule has 3 aromatic rings. The SMILES string of the molecule is CC(C)c1nc(-c2ccccc2NS(=O)(=O)c2ccccc2F)n[nH]1. The average molecular weight is 360 g/mol. The number of hydrogen-bond donors (Lipinski definition) is 2. The van der Waals surface area contributed by atoms with Crippen molar-refractivity contribution in [3.05, 3.63) is 60.2 Å². The van der Waals surface area contributed by atoms with Crippen LogP contribution >= 0.6 is 0 Å². The van der Waals surface area contributed by atoms with Crippen LogP contribution in [0, 0.1) is 5.82 Å². The Morgan fingerprint density at radius 1 is 1.08 bits per heavy atom. The molecule has 0 fully saturated rings. The van der Waals surface area contributed by atoms with E-state index in [1.54, 1.807) is 24.3 Å². The first-order chi connectivity index (χ1) is 11.9. The number of nitrogens with one attached hydrogen (secondary N) is 2. The molecule has 0 amide bonds. The van der Waals surface area contributed by atoms with E-state index in [0.29, 0.717) is 17.2 Å². The Bertz CT molecular complexity index is 999. The van der Waals surface area contributed by atoms with Gasteiger partial charge in [-0.2, -0.15) is 5.10 Å². The molecule has 0 saturated carbocycles. The van der Waals surface area contributed by atoms with Gasteiger partial charge in [0.2, 0.25) is 0 Å². The summed E-state index contributed by atoms with van der Waals surface area (Å²) in [5, 5.41) is 6.98. The van der Waals surface area contributed by atoms with Gasteiger partial charge in [0.15, 0.2) is 5.82 Å². The van der Waals surface area contributed by atoms with Crippen LogP contribution in [0.4, 0.5) is 10.1 Å². The van der Waals surface area contributed by atoms with E-state index in [9.17, 15) is 12.8 Å². The fourth-order valence-corrected chi connectivity index (χ4v) is 3.44. The van der Waals surface area contributed by atoms with Crippen molar-refractivity contribution in [2.24, 2.45) is 0 Å². The number of nitrogens with zero attached hydrogens (tertiary/aromatic N) is 2. The highest BCUT2D eigenvalue weighted by Gasteiger charge is 2.21. The monoisotopic (exact) mass is 360 g/mol. The van der Waals surface area contributed by atoms with Gasteiger partial charge in [0, 0.05) is 11.5 Å². The molecule has 0 aliphatic heterocycles. The van der Waals surface area contributed by atoms with Gasteiger partial charge >= 0.3 is 0 Å². The highest BCUT2D eigenvalue weighted by atomic mass is 32.2. The normalized spacial score (nSPS) is 11.7. The first kappa shape index (κ1) is 17.1. The zero-order valence-electron chi connectivity index (χ0n) is 13.7. The Kier molecular flexibility index (Phi) is 4.54. The Morgan fingerprint density at radius 2 is 1.76 bits per heavy atom. The van der Waals surface area contributed by atoms with Crippen molar-refractivity contribution in [2.45, 2.75) is 24.7 Å². The molecule has 0 aliphatic carbocycles. The Hall–Kier alpha value is -2.74. The molecule has 0 radical (unpaired) electrons. The summed E-state index contributed by atoms with van der Waals surface area (Å²) in [6.45, 7) is 3.94. The first-order valence-electron chi connectivity index (χ1n) is 7.67. The number of hydrogen-bond acceptors (Lipinski definition) is 4. The number of aromatic nitrogens is 3. The van der Waals surface area contributed by atoms with Gasteiger partial charge in [0.05, 0.1) is 5.69 Å². The van der Waals surface area contributed by atoms with E-state index in [-0.39, 0.29) is 11.6 Å². The summed E-state index contributed by atoms with van der Waals surface area (Å²) in [5.41, 5.74) is 0.783. The molecule has 3 rings (SSSR count). The lowest BCUT2D eigenvalue weighted by Crippen LogP contribution is -2.15. The van der Waals surface area contributed by atoms with Gasteiger partial charge in [-0.25, -0.2) is 17.8 Å². The van der Waals surface area contributed by atoms with Crippen molar-refractivity contribution in [1.29, 1.82) is 0 Å². The Morgan fingerprint density at radius 3 is 2.44 bits per heavy atom. The lowest BCUT2D eigenvalue weighted by molar-refractivity contribution is 0.570. The molecule has 6 nitrogen and oxygen atoms in total. The van der Waals surface area contributed by atoms with Gasteiger partial charge in [-0.3, -0.25) is 9.82 Å². The van der Waals surface area contributed by atoms with Crippen LogP contribution in [-0.2, 0) is 10.0 Å². The van der Waals surface area contributed by atoms with Crippen LogP contribution in [0.15, 0.2) is 53.4 Å². The summed E-state index contributed by atoms with van der Waals surface area (Å²) < 4.78 is 41.3. The molecule has 130 valence electrons. The molecule has 25 heavy (non-hydrogen) atoms. The molecule has 1 aromatic heterocycles. The predicted molar refractivity (Wildman–Crippen MR) is 93.1 cm³/mol. The number of rotatable bonds is 5. The van der Waals surface area contributed by atoms with Gasteiger partial charge in [0.1, 0.15) is 16.5 Å². The lowest BCUT2D eigenvalue weighted by Gasteiger charge is -2.11. The standard InChI is InChI=1S/C17H17FN4O2S/c1-11(2)16-19-17(21-20-16)12-7-3-5-9-14(12)22-25(23,24)15-10-6-4-8-13(15)18/h3-11,22H,1-2H3,(H,19,20,21). The first-order valence-corrected chi connectivity index (χ1v) is 9.16. The van der Waals surface area contributed by atoms with Crippen LogP contribution in [-0.4, -0.2) is 23.6 Å². The van der Waals surface area contributed by atoms with Crippen LogP contribution in [0.3, 0.4) is 0 Å². The number of sulfonamides is 1. The molecule has 8 heteroatoms. The highest BCUT2D eigenvalue weighted by Crippen LogP contribution is 2.28. The van der Waals surface area contributed by atoms with Crippen molar-refractivity contribution < 1.29 is 12.8 Å². The van der Waals surface area contributed by atoms with Crippen molar-refractivity contribution in [3.8, 4) is 11.4 Å². The van der Waals surface area contributed by atoms with Crippen molar-refractivity contribution in [1.82, 2.24) is 15.2 Å². The fraction of sp³-hybridized carbons (Fsp3) is 0.176. The zero-order valence-corrected chi connectivity index (χ0v) is 14.5. The minimum atomic E-state index is -4.07. The lowest BCUT2D eigenvalue weighted by atomic mass is 10.1. The summed E-state index contributed by atoms with van der Waals surface area (Å²) in [7, 11) is -4.07. The number of aromatic amines is 1. The summed E-state index contributed by atoms with van der Waals surface area (Å²) in [5.74, 6) is 0.410. The molecule has 0 spiro atoms. The number of para-hydroxylation sites is 1. The minimum absolute atomic E-state index is 0.156. The van der Waals surface area contributed by atoms with Crippen LogP contribution in [0.5, 0.6) is 0 Å². The zero-order chi connectivity index (χ0) is 18.0. The second-order valence-corrected chi connectivity index (χ2v) is 7.43. The maximum Gasteiger partial charge on any atom is 0.264 e. The van der Waals surface area contributed by atoms with Gasteiger partial charge in [-0.1, -0.05) is 38.1 Å². The minimum Gasteiger partial charge on any atom is -0.279 e. The largest absolute Gasteiger partial charge is 0.279 e. The number of halogens is 1. The second kappa shape index (κ2) is 6.64. The van der Waals surface area contributed by atoms with E-state index in [4.69, 9.17) is 0 Å². The molecule has 0 atom stereocenters. The van der Waals surface area contributed by atoms with Crippen LogP contribution in [0.1, 0.15) is 25.6 Å². The number of H-pyrrole nitrogens is 1. The van der Waals surface area contributed by atoms with E-state index >= 15 is 0 Å². The third-order valence-corrected chi connectivity index (χ3v) is 4.99. The van der Waals surface area contributed by atoms with E-state index < -0.39 is 20.7 Å². The smallest absolute Gasteiger partial charge is 0.264 e. The molecule has 0 aliphatic rings. The van der Waals surface area contributed by atoms with Crippen molar-refractivity contribution in [2.75, 3.05) is 4.72 Å². The Balaban J connectivity index is 2.00. The van der Waals surface area contributed by atoms with Gasteiger partial charge < -0.3 is 0 Å². The summed E-state index contributed by atoms with van der Waals surface area (Å²) >= 11 is 0. The molecule has 0 bridgehead atoms.